The smallest absolute Gasteiger partial charge is 0.319 e. The van der Waals surface area contributed by atoms with Gasteiger partial charge in [-0.25, -0.2) is 4.79 Å². The summed E-state index contributed by atoms with van der Waals surface area (Å²) in [4.78, 5) is 36.0. The van der Waals surface area contributed by atoms with Crippen molar-refractivity contribution in [2.75, 3.05) is 25.6 Å². The first-order valence-corrected chi connectivity index (χ1v) is 11.4. The van der Waals surface area contributed by atoms with E-state index in [0.717, 1.165) is 11.1 Å². The molecule has 1 fully saturated rings. The van der Waals surface area contributed by atoms with Crippen LogP contribution in [0.1, 0.15) is 35.6 Å². The molecule has 1 unspecified atom stereocenters. The zero-order valence-electron chi connectivity index (χ0n) is 19.3. The number of fused-ring (bicyclic) bond motifs is 1. The highest BCUT2D eigenvalue weighted by Crippen LogP contribution is 2.32. The van der Waals surface area contributed by atoms with E-state index in [4.69, 9.17) is 25.6 Å². The minimum atomic E-state index is -0.534. The van der Waals surface area contributed by atoms with Crippen LogP contribution in [-0.2, 0) is 20.9 Å². The summed E-state index contributed by atoms with van der Waals surface area (Å²) in [6.07, 6.45) is 0.646. The number of nitrogens with one attached hydrogen (secondary N) is 3. The van der Waals surface area contributed by atoms with Crippen molar-refractivity contribution in [1.82, 2.24) is 15.8 Å². The molecule has 3 aromatic rings. The maximum atomic E-state index is 12.5. The molecule has 2 aromatic carbocycles. The van der Waals surface area contributed by atoms with Crippen molar-refractivity contribution in [3.8, 4) is 5.75 Å². The third-order valence-corrected chi connectivity index (χ3v) is 6.08. The van der Waals surface area contributed by atoms with Crippen LogP contribution < -0.4 is 20.7 Å². The lowest BCUT2D eigenvalue weighted by Gasteiger charge is -2.18. The van der Waals surface area contributed by atoms with Gasteiger partial charge in [0.25, 0.3) is 0 Å². The molecule has 1 atom stereocenters. The lowest BCUT2D eigenvalue weighted by molar-refractivity contribution is -0.134. The van der Waals surface area contributed by atoms with Crippen molar-refractivity contribution in [1.29, 1.82) is 0 Å². The van der Waals surface area contributed by atoms with Crippen LogP contribution in [0, 0.1) is 6.92 Å². The molecule has 1 aliphatic heterocycles. The second kappa shape index (κ2) is 10.7. The zero-order chi connectivity index (χ0) is 24.9. The van der Waals surface area contributed by atoms with Crippen molar-refractivity contribution in [2.45, 2.75) is 32.2 Å². The van der Waals surface area contributed by atoms with Crippen molar-refractivity contribution >= 4 is 46.1 Å². The lowest BCUT2D eigenvalue weighted by atomic mass is 9.92. The van der Waals surface area contributed by atoms with Gasteiger partial charge >= 0.3 is 6.03 Å². The van der Waals surface area contributed by atoms with Crippen LogP contribution in [0.4, 0.5) is 10.5 Å². The number of methoxy groups -OCH3 is 1. The number of urea groups is 1. The number of nitrogens with zero attached hydrogens (tertiary/aromatic N) is 1. The molecule has 1 aromatic heterocycles. The molecule has 3 N–H and O–H groups in total. The largest absolute Gasteiger partial charge is 0.491 e. The summed E-state index contributed by atoms with van der Waals surface area (Å²) in [5.41, 5.74) is 3.04. The second-order valence-corrected chi connectivity index (χ2v) is 8.54. The molecule has 35 heavy (non-hydrogen) atoms. The van der Waals surface area contributed by atoms with Crippen LogP contribution in [0.15, 0.2) is 34.9 Å². The fourth-order valence-electron chi connectivity index (χ4n) is 3.79. The van der Waals surface area contributed by atoms with Gasteiger partial charge in [-0.2, -0.15) is 0 Å². The van der Waals surface area contributed by atoms with E-state index in [1.807, 2.05) is 13.0 Å². The van der Waals surface area contributed by atoms with Crippen LogP contribution in [0.3, 0.4) is 0 Å². The van der Waals surface area contributed by atoms with Gasteiger partial charge in [-0.3, -0.25) is 14.9 Å². The summed E-state index contributed by atoms with van der Waals surface area (Å²) in [7, 11) is 1.59. The number of aromatic nitrogens is 1. The Hall–Kier alpha value is -3.63. The second-order valence-electron chi connectivity index (χ2n) is 8.13. The van der Waals surface area contributed by atoms with Crippen LogP contribution in [0.2, 0.25) is 5.02 Å². The first kappa shape index (κ1) is 24.5. The first-order valence-electron chi connectivity index (χ1n) is 11.0. The number of piperidine rings is 1. The number of carbonyl (C=O) groups excluding carboxylic acids is 3. The van der Waals surface area contributed by atoms with Crippen LogP contribution >= 0.6 is 11.6 Å². The molecule has 184 valence electrons. The summed E-state index contributed by atoms with van der Waals surface area (Å²) in [5, 5.41) is 13.1. The van der Waals surface area contributed by atoms with Gasteiger partial charge in [0.15, 0.2) is 5.58 Å². The molecule has 0 radical (unpaired) electrons. The number of ether oxygens (including phenoxy) is 2. The number of hydrogen-bond donors (Lipinski definition) is 3. The normalized spacial score (nSPS) is 15.7. The molecule has 0 saturated carbocycles. The maximum Gasteiger partial charge on any atom is 0.319 e. The highest BCUT2D eigenvalue weighted by atomic mass is 35.5. The third kappa shape index (κ3) is 5.72. The van der Waals surface area contributed by atoms with Crippen LogP contribution in [-0.4, -0.2) is 43.3 Å². The quantitative estimate of drug-likeness (QED) is 0.317. The van der Waals surface area contributed by atoms with Gasteiger partial charge in [0.05, 0.1) is 12.5 Å². The van der Waals surface area contributed by atoms with E-state index in [9.17, 15) is 14.4 Å². The maximum absolute atomic E-state index is 12.5. The SMILES string of the molecule is COCCOc1cc(NC(=O)NCc2ccc3c(C4CCC(=O)NC4=O)noc3c2)cc(Cl)c1C. The highest BCUT2D eigenvalue weighted by Gasteiger charge is 2.31. The summed E-state index contributed by atoms with van der Waals surface area (Å²) in [6.45, 7) is 2.85. The number of imide groups is 1. The highest BCUT2D eigenvalue weighted by molar-refractivity contribution is 6.32. The van der Waals surface area contributed by atoms with E-state index >= 15 is 0 Å². The molecular formula is C24H25ClN4O6. The number of hydrogen-bond acceptors (Lipinski definition) is 7. The minimum absolute atomic E-state index is 0.229. The Morgan fingerprint density at radius 3 is 2.86 bits per heavy atom. The molecule has 1 saturated heterocycles. The molecular weight excluding hydrogens is 476 g/mol. The Morgan fingerprint density at radius 1 is 1.26 bits per heavy atom. The molecule has 10 nitrogen and oxygen atoms in total. The van der Waals surface area contributed by atoms with E-state index in [0.29, 0.717) is 52.8 Å². The van der Waals surface area contributed by atoms with Crippen LogP contribution in [0.25, 0.3) is 11.0 Å². The molecule has 1 aliphatic rings. The third-order valence-electron chi connectivity index (χ3n) is 5.69. The number of halogens is 1. The predicted molar refractivity (Wildman–Crippen MR) is 129 cm³/mol. The van der Waals surface area contributed by atoms with Crippen molar-refractivity contribution in [3.63, 3.8) is 0 Å². The number of amides is 4. The molecule has 11 heteroatoms. The van der Waals surface area contributed by atoms with Crippen molar-refractivity contribution < 1.29 is 28.4 Å². The fourth-order valence-corrected chi connectivity index (χ4v) is 4.00. The lowest BCUT2D eigenvalue weighted by Crippen LogP contribution is -2.39. The molecule has 0 spiro atoms. The Kier molecular flexibility index (Phi) is 7.52. The number of benzene rings is 2. The van der Waals surface area contributed by atoms with Gasteiger partial charge in [-0.1, -0.05) is 22.8 Å². The molecule has 2 heterocycles. The summed E-state index contributed by atoms with van der Waals surface area (Å²) in [5.74, 6) is -0.628. The Balaban J connectivity index is 1.38. The average molecular weight is 501 g/mol. The van der Waals surface area contributed by atoms with Crippen molar-refractivity contribution in [3.05, 3.63) is 52.2 Å². The average Bonchev–Trinajstić information content (AvgIpc) is 3.24. The minimum Gasteiger partial charge on any atom is -0.491 e. The first-order chi connectivity index (χ1) is 16.9. The van der Waals surface area contributed by atoms with E-state index in [-0.39, 0.29) is 24.8 Å². The Labute approximate surface area is 206 Å². The topological polar surface area (TPSA) is 132 Å². The van der Waals surface area contributed by atoms with Crippen molar-refractivity contribution in [2.24, 2.45) is 0 Å². The Morgan fingerprint density at radius 2 is 2.09 bits per heavy atom. The van der Waals surface area contributed by atoms with E-state index < -0.39 is 11.9 Å². The number of anilines is 1. The van der Waals surface area contributed by atoms with E-state index in [1.165, 1.54) is 0 Å². The standard InChI is InChI=1S/C24H25ClN4O6/c1-13-18(25)10-15(11-19(13)34-8-7-33-2)27-24(32)26-12-14-3-4-16-20(9-14)35-29-22(16)17-5-6-21(30)28-23(17)31/h3-4,9-11,17H,5-8,12H2,1-2H3,(H2,26,27,32)(H,28,30,31). The number of carbonyl (C=O) groups is 3. The van der Waals surface area contributed by atoms with Gasteiger partial charge in [-0.15, -0.1) is 0 Å². The van der Waals surface area contributed by atoms with E-state index in [1.54, 1.807) is 31.4 Å². The van der Waals surface area contributed by atoms with E-state index in [2.05, 4.69) is 21.1 Å². The van der Waals surface area contributed by atoms with Gasteiger partial charge in [-0.05, 0) is 37.1 Å². The van der Waals surface area contributed by atoms with Gasteiger partial charge < -0.3 is 24.6 Å². The van der Waals surface area contributed by atoms with Gasteiger partial charge in [0.2, 0.25) is 11.8 Å². The summed E-state index contributed by atoms with van der Waals surface area (Å²) >= 11 is 6.28. The predicted octanol–water partition coefficient (Wildman–Crippen LogP) is 3.66. The van der Waals surface area contributed by atoms with Gasteiger partial charge in [0.1, 0.15) is 18.1 Å². The molecule has 0 aliphatic carbocycles. The summed E-state index contributed by atoms with van der Waals surface area (Å²) in [6, 6.07) is 8.30. The van der Waals surface area contributed by atoms with Gasteiger partial charge in [0, 0.05) is 47.8 Å². The zero-order valence-corrected chi connectivity index (χ0v) is 20.0. The Bertz CT molecular complexity index is 1270. The van der Waals surface area contributed by atoms with Crippen LogP contribution in [0.5, 0.6) is 5.75 Å². The molecule has 0 bridgehead atoms. The molecule has 4 rings (SSSR count). The fraction of sp³-hybridized carbons (Fsp3) is 0.333. The molecule has 4 amide bonds. The number of rotatable bonds is 8. The summed E-state index contributed by atoms with van der Waals surface area (Å²) < 4.78 is 16.1. The monoisotopic (exact) mass is 500 g/mol.